The number of anilines is 1. The maximum absolute atomic E-state index is 12.5. The topological polar surface area (TPSA) is 49.4 Å². The van der Waals surface area contributed by atoms with Crippen molar-refractivity contribution in [2.45, 2.75) is 52.1 Å². The summed E-state index contributed by atoms with van der Waals surface area (Å²) >= 11 is 0. The minimum atomic E-state index is -4.40. The molecule has 0 atom stereocenters. The van der Waals surface area contributed by atoms with E-state index in [9.17, 15) is 22.8 Å². The molecule has 0 spiro atoms. The predicted molar refractivity (Wildman–Crippen MR) is 91.1 cm³/mol. The first-order chi connectivity index (χ1) is 11.8. The Morgan fingerprint density at radius 2 is 1.56 bits per heavy atom. The summed E-state index contributed by atoms with van der Waals surface area (Å²) < 4.78 is 37.4. The number of carbonyl (C=O) groups excluding carboxylic acids is 2. The Morgan fingerprint density at radius 1 is 1.00 bits per heavy atom. The van der Waals surface area contributed by atoms with Crippen LogP contribution < -0.4 is 5.32 Å². The van der Waals surface area contributed by atoms with Crippen molar-refractivity contribution in [1.82, 2.24) is 4.90 Å². The van der Waals surface area contributed by atoms with E-state index in [0.717, 1.165) is 25.0 Å². The van der Waals surface area contributed by atoms with E-state index in [1.165, 1.54) is 12.1 Å². The van der Waals surface area contributed by atoms with Crippen LogP contribution in [0.25, 0.3) is 0 Å². The lowest BCUT2D eigenvalue weighted by Crippen LogP contribution is -2.32. The summed E-state index contributed by atoms with van der Waals surface area (Å²) in [6.07, 6.45) is -1.76. The van der Waals surface area contributed by atoms with Crippen molar-refractivity contribution in [2.24, 2.45) is 0 Å². The lowest BCUT2D eigenvalue weighted by Gasteiger charge is -2.21. The molecule has 0 saturated carbocycles. The monoisotopic (exact) mass is 358 g/mol. The van der Waals surface area contributed by atoms with Crippen LogP contribution >= 0.6 is 0 Å². The van der Waals surface area contributed by atoms with Crippen LogP contribution in [0.5, 0.6) is 0 Å². The molecular weight excluding hydrogens is 333 g/mol. The Kier molecular flexibility index (Phi) is 8.45. The van der Waals surface area contributed by atoms with Crippen LogP contribution in [-0.4, -0.2) is 29.8 Å². The van der Waals surface area contributed by atoms with Gasteiger partial charge in [0.15, 0.2) is 0 Å². The quantitative estimate of drug-likeness (QED) is 0.708. The molecule has 1 N–H and O–H groups in total. The minimum Gasteiger partial charge on any atom is -0.343 e. The number of alkyl halides is 3. The van der Waals surface area contributed by atoms with Gasteiger partial charge in [0.2, 0.25) is 11.8 Å². The number of nitrogens with one attached hydrogen (secondary N) is 1. The molecule has 1 aromatic carbocycles. The summed E-state index contributed by atoms with van der Waals surface area (Å²) in [4.78, 5) is 25.7. The normalized spacial score (nSPS) is 11.2. The third-order valence-electron chi connectivity index (χ3n) is 3.63. The lowest BCUT2D eigenvalue weighted by molar-refractivity contribution is -0.137. The standard InChI is InChI=1S/C18H25F3N2O2/c1-3-12-23(13-4-2)17(25)7-5-6-16(24)22-15-10-8-14(9-11-15)18(19,20)21/h8-11H,3-7,12-13H2,1-2H3,(H,22,24). The van der Waals surface area contributed by atoms with Gasteiger partial charge in [-0.25, -0.2) is 0 Å². The Labute approximate surface area is 146 Å². The van der Waals surface area contributed by atoms with Gasteiger partial charge in [-0.2, -0.15) is 13.2 Å². The second kappa shape index (κ2) is 10.1. The van der Waals surface area contributed by atoms with Gasteiger partial charge in [0.05, 0.1) is 5.56 Å². The van der Waals surface area contributed by atoms with E-state index < -0.39 is 11.7 Å². The van der Waals surface area contributed by atoms with Gasteiger partial charge in [-0.1, -0.05) is 13.8 Å². The van der Waals surface area contributed by atoms with E-state index in [0.29, 0.717) is 31.6 Å². The Bertz CT molecular complexity index is 550. The van der Waals surface area contributed by atoms with Crippen LogP contribution in [0.2, 0.25) is 0 Å². The van der Waals surface area contributed by atoms with E-state index in [1.807, 2.05) is 13.8 Å². The number of rotatable bonds is 9. The molecule has 1 aromatic rings. The highest BCUT2D eigenvalue weighted by molar-refractivity contribution is 5.91. The third kappa shape index (κ3) is 7.58. The van der Waals surface area contributed by atoms with Crippen molar-refractivity contribution in [3.63, 3.8) is 0 Å². The fourth-order valence-electron chi connectivity index (χ4n) is 2.43. The molecule has 4 nitrogen and oxygen atoms in total. The zero-order valence-corrected chi connectivity index (χ0v) is 14.7. The van der Waals surface area contributed by atoms with E-state index in [-0.39, 0.29) is 18.2 Å². The molecular formula is C18H25F3N2O2. The zero-order valence-electron chi connectivity index (χ0n) is 14.7. The first kappa shape index (κ1) is 21.0. The maximum atomic E-state index is 12.5. The van der Waals surface area contributed by atoms with Gasteiger partial charge >= 0.3 is 6.18 Å². The summed E-state index contributed by atoms with van der Waals surface area (Å²) in [6, 6.07) is 4.28. The number of halogens is 3. The van der Waals surface area contributed by atoms with Crippen LogP contribution in [0.3, 0.4) is 0 Å². The molecule has 1 rings (SSSR count). The molecule has 0 heterocycles. The third-order valence-corrected chi connectivity index (χ3v) is 3.63. The number of nitrogens with zero attached hydrogens (tertiary/aromatic N) is 1. The summed E-state index contributed by atoms with van der Waals surface area (Å²) in [5.74, 6) is -0.281. The molecule has 0 aliphatic heterocycles. The molecule has 0 aliphatic carbocycles. The van der Waals surface area contributed by atoms with Gasteiger partial charge in [-0.05, 0) is 43.5 Å². The lowest BCUT2D eigenvalue weighted by atomic mass is 10.1. The molecule has 2 amide bonds. The SMILES string of the molecule is CCCN(CCC)C(=O)CCCC(=O)Nc1ccc(C(F)(F)F)cc1. The first-order valence-corrected chi connectivity index (χ1v) is 8.52. The zero-order chi connectivity index (χ0) is 18.9. The van der Waals surface area contributed by atoms with Gasteiger partial charge in [-0.3, -0.25) is 9.59 Å². The van der Waals surface area contributed by atoms with Crippen molar-refractivity contribution >= 4 is 17.5 Å². The van der Waals surface area contributed by atoms with Crippen LogP contribution in [0.4, 0.5) is 18.9 Å². The predicted octanol–water partition coefficient (Wildman–Crippen LogP) is 4.46. The van der Waals surface area contributed by atoms with Gasteiger partial charge in [0.1, 0.15) is 0 Å². The molecule has 25 heavy (non-hydrogen) atoms. The first-order valence-electron chi connectivity index (χ1n) is 8.52. The highest BCUT2D eigenvalue weighted by Crippen LogP contribution is 2.29. The highest BCUT2D eigenvalue weighted by Gasteiger charge is 2.29. The molecule has 7 heteroatoms. The van der Waals surface area contributed by atoms with Crippen molar-refractivity contribution < 1.29 is 22.8 Å². The summed E-state index contributed by atoms with van der Waals surface area (Å²) in [7, 11) is 0. The van der Waals surface area contributed by atoms with Crippen LogP contribution in [0, 0.1) is 0 Å². The van der Waals surface area contributed by atoms with Crippen LogP contribution in [0.15, 0.2) is 24.3 Å². The molecule has 0 bridgehead atoms. The minimum absolute atomic E-state index is 0.0334. The fourth-order valence-corrected chi connectivity index (χ4v) is 2.43. The van der Waals surface area contributed by atoms with E-state index in [4.69, 9.17) is 0 Å². The van der Waals surface area contributed by atoms with E-state index >= 15 is 0 Å². The second-order valence-corrected chi connectivity index (χ2v) is 5.86. The van der Waals surface area contributed by atoms with Crippen LogP contribution in [-0.2, 0) is 15.8 Å². The van der Waals surface area contributed by atoms with Gasteiger partial charge in [0, 0.05) is 31.6 Å². The molecule has 0 fully saturated rings. The molecule has 0 radical (unpaired) electrons. The number of amides is 2. The van der Waals surface area contributed by atoms with Gasteiger partial charge in [-0.15, -0.1) is 0 Å². The Balaban J connectivity index is 2.41. The number of hydrogen-bond donors (Lipinski definition) is 1. The summed E-state index contributed by atoms with van der Waals surface area (Å²) in [5.41, 5.74) is -0.453. The molecule has 0 aromatic heterocycles. The molecule has 0 unspecified atom stereocenters. The highest BCUT2D eigenvalue weighted by atomic mass is 19.4. The average molecular weight is 358 g/mol. The molecule has 140 valence electrons. The Hall–Kier alpha value is -2.05. The van der Waals surface area contributed by atoms with Crippen LogP contribution in [0.1, 0.15) is 51.5 Å². The van der Waals surface area contributed by atoms with E-state index in [2.05, 4.69) is 5.32 Å². The summed E-state index contributed by atoms with van der Waals surface area (Å²) in [6.45, 7) is 5.44. The second-order valence-electron chi connectivity index (χ2n) is 5.86. The maximum Gasteiger partial charge on any atom is 0.416 e. The fraction of sp³-hybridized carbons (Fsp3) is 0.556. The van der Waals surface area contributed by atoms with E-state index in [1.54, 1.807) is 4.90 Å². The summed E-state index contributed by atoms with van der Waals surface area (Å²) in [5, 5.41) is 2.54. The number of carbonyl (C=O) groups is 2. The number of benzene rings is 1. The molecule has 0 saturated heterocycles. The smallest absolute Gasteiger partial charge is 0.343 e. The largest absolute Gasteiger partial charge is 0.416 e. The van der Waals surface area contributed by atoms with Crippen molar-refractivity contribution in [1.29, 1.82) is 0 Å². The van der Waals surface area contributed by atoms with Crippen molar-refractivity contribution in [3.05, 3.63) is 29.8 Å². The molecule has 0 aliphatic rings. The average Bonchev–Trinajstić information content (AvgIpc) is 2.54. The van der Waals surface area contributed by atoms with Gasteiger partial charge < -0.3 is 10.2 Å². The number of hydrogen-bond acceptors (Lipinski definition) is 2. The van der Waals surface area contributed by atoms with Crippen molar-refractivity contribution in [3.8, 4) is 0 Å². The van der Waals surface area contributed by atoms with Gasteiger partial charge in [0.25, 0.3) is 0 Å². The Morgan fingerprint density at radius 3 is 2.04 bits per heavy atom. The van der Waals surface area contributed by atoms with Crippen molar-refractivity contribution in [2.75, 3.05) is 18.4 Å².